The molecule has 1 aromatic carbocycles. The van der Waals surface area contributed by atoms with Crippen molar-refractivity contribution < 1.29 is 8.81 Å². The van der Waals surface area contributed by atoms with Crippen molar-refractivity contribution in [3.63, 3.8) is 0 Å². The minimum absolute atomic E-state index is 0.350. The first-order chi connectivity index (χ1) is 8.16. The van der Waals surface area contributed by atoms with Gasteiger partial charge < -0.3 is 10.2 Å². The summed E-state index contributed by atoms with van der Waals surface area (Å²) in [5, 5.41) is 0.379. The van der Waals surface area contributed by atoms with E-state index in [1.807, 2.05) is 12.1 Å². The summed E-state index contributed by atoms with van der Waals surface area (Å²) in [6.45, 7) is 0. The Morgan fingerprint density at radius 2 is 2.18 bits per heavy atom. The summed E-state index contributed by atoms with van der Waals surface area (Å²) in [5.74, 6) is 0.499. The van der Waals surface area contributed by atoms with Crippen LogP contribution in [0.1, 0.15) is 23.8 Å². The SMILES string of the molecule is NC(CCc1ccco1)c1ccc(Cl)cc1F. The van der Waals surface area contributed by atoms with Crippen LogP contribution in [0.25, 0.3) is 0 Å². The van der Waals surface area contributed by atoms with Crippen molar-refractivity contribution in [2.75, 3.05) is 0 Å². The van der Waals surface area contributed by atoms with Gasteiger partial charge in [-0.05, 0) is 30.7 Å². The minimum Gasteiger partial charge on any atom is -0.469 e. The molecule has 0 bridgehead atoms. The molecule has 90 valence electrons. The maximum absolute atomic E-state index is 13.6. The highest BCUT2D eigenvalue weighted by Crippen LogP contribution is 2.22. The van der Waals surface area contributed by atoms with E-state index >= 15 is 0 Å². The molecule has 0 saturated carbocycles. The molecule has 0 saturated heterocycles. The molecule has 1 heterocycles. The molecule has 0 spiro atoms. The second-order valence-corrected chi connectivity index (χ2v) is 4.33. The van der Waals surface area contributed by atoms with E-state index in [0.29, 0.717) is 23.4 Å². The van der Waals surface area contributed by atoms with E-state index in [4.69, 9.17) is 21.8 Å². The molecule has 0 aliphatic heterocycles. The highest BCUT2D eigenvalue weighted by molar-refractivity contribution is 6.30. The van der Waals surface area contributed by atoms with Gasteiger partial charge in [-0.25, -0.2) is 4.39 Å². The van der Waals surface area contributed by atoms with Gasteiger partial charge in [-0.3, -0.25) is 0 Å². The summed E-state index contributed by atoms with van der Waals surface area (Å²) >= 11 is 5.68. The van der Waals surface area contributed by atoms with E-state index in [1.54, 1.807) is 18.4 Å². The molecule has 0 aliphatic rings. The van der Waals surface area contributed by atoms with Crippen LogP contribution in [0.15, 0.2) is 41.0 Å². The number of nitrogens with two attached hydrogens (primary N) is 1. The molecule has 1 aromatic heterocycles. The number of halogens is 2. The van der Waals surface area contributed by atoms with Crippen molar-refractivity contribution in [3.05, 3.63) is 58.8 Å². The molecular formula is C13H13ClFNO. The lowest BCUT2D eigenvalue weighted by Crippen LogP contribution is -2.13. The van der Waals surface area contributed by atoms with Crippen molar-refractivity contribution in [2.45, 2.75) is 18.9 Å². The quantitative estimate of drug-likeness (QED) is 0.902. The lowest BCUT2D eigenvalue weighted by molar-refractivity contribution is 0.482. The summed E-state index contributed by atoms with van der Waals surface area (Å²) in [4.78, 5) is 0. The van der Waals surface area contributed by atoms with Gasteiger partial charge in [0.1, 0.15) is 11.6 Å². The van der Waals surface area contributed by atoms with Gasteiger partial charge in [0.05, 0.1) is 6.26 Å². The molecule has 0 amide bonds. The Kier molecular flexibility index (Phi) is 3.82. The first kappa shape index (κ1) is 12.1. The molecule has 0 aliphatic carbocycles. The Balaban J connectivity index is 2.01. The zero-order valence-corrected chi connectivity index (χ0v) is 9.95. The molecule has 1 unspecified atom stereocenters. The normalized spacial score (nSPS) is 12.6. The molecule has 4 heteroatoms. The fourth-order valence-corrected chi connectivity index (χ4v) is 1.87. The van der Waals surface area contributed by atoms with Gasteiger partial charge in [0.15, 0.2) is 0 Å². The number of hydrogen-bond donors (Lipinski definition) is 1. The summed E-state index contributed by atoms with van der Waals surface area (Å²) < 4.78 is 18.8. The first-order valence-corrected chi connectivity index (χ1v) is 5.77. The highest BCUT2D eigenvalue weighted by Gasteiger charge is 2.12. The number of aryl methyl sites for hydroxylation is 1. The topological polar surface area (TPSA) is 39.2 Å². The van der Waals surface area contributed by atoms with E-state index < -0.39 is 0 Å². The van der Waals surface area contributed by atoms with Gasteiger partial charge >= 0.3 is 0 Å². The van der Waals surface area contributed by atoms with Crippen molar-refractivity contribution in [1.29, 1.82) is 0 Å². The van der Waals surface area contributed by atoms with Crippen molar-refractivity contribution in [2.24, 2.45) is 5.73 Å². The number of furan rings is 1. The van der Waals surface area contributed by atoms with Gasteiger partial charge in [-0.15, -0.1) is 0 Å². The van der Waals surface area contributed by atoms with Crippen LogP contribution in [-0.2, 0) is 6.42 Å². The minimum atomic E-state index is -0.357. The van der Waals surface area contributed by atoms with Gasteiger partial charge in [0.25, 0.3) is 0 Å². The molecule has 0 fully saturated rings. The number of rotatable bonds is 4. The largest absolute Gasteiger partial charge is 0.469 e. The van der Waals surface area contributed by atoms with Crippen LogP contribution in [0.4, 0.5) is 4.39 Å². The molecule has 1 atom stereocenters. The third kappa shape index (κ3) is 3.08. The molecule has 2 nitrogen and oxygen atoms in total. The Bertz CT molecular complexity index is 484. The second kappa shape index (κ2) is 5.34. The summed E-state index contributed by atoms with van der Waals surface area (Å²) in [6, 6.07) is 7.91. The summed E-state index contributed by atoms with van der Waals surface area (Å²) in [6.07, 6.45) is 2.94. The van der Waals surface area contributed by atoms with E-state index in [2.05, 4.69) is 0 Å². The third-order valence-electron chi connectivity index (χ3n) is 2.64. The molecular weight excluding hydrogens is 241 g/mol. The van der Waals surface area contributed by atoms with Gasteiger partial charge in [0, 0.05) is 23.0 Å². The van der Waals surface area contributed by atoms with Crippen LogP contribution in [0.5, 0.6) is 0 Å². The van der Waals surface area contributed by atoms with Crippen LogP contribution in [-0.4, -0.2) is 0 Å². The Labute approximate surface area is 104 Å². The zero-order chi connectivity index (χ0) is 12.3. The molecule has 2 rings (SSSR count). The van der Waals surface area contributed by atoms with Crippen molar-refractivity contribution in [1.82, 2.24) is 0 Å². The second-order valence-electron chi connectivity index (χ2n) is 3.89. The molecule has 2 N–H and O–H groups in total. The molecule has 17 heavy (non-hydrogen) atoms. The van der Waals surface area contributed by atoms with E-state index in [-0.39, 0.29) is 11.9 Å². The van der Waals surface area contributed by atoms with Crippen molar-refractivity contribution in [3.8, 4) is 0 Å². The van der Waals surface area contributed by atoms with Crippen LogP contribution in [0, 0.1) is 5.82 Å². The van der Waals surface area contributed by atoms with Crippen LogP contribution in [0.2, 0.25) is 5.02 Å². The third-order valence-corrected chi connectivity index (χ3v) is 2.88. The van der Waals surface area contributed by atoms with Gasteiger partial charge in [0.2, 0.25) is 0 Å². The standard InChI is InChI=1S/C13H13ClFNO/c14-9-3-5-11(12(15)8-9)13(16)6-4-10-2-1-7-17-10/h1-3,5,7-8,13H,4,6,16H2. The van der Waals surface area contributed by atoms with E-state index in [0.717, 1.165) is 5.76 Å². The van der Waals surface area contributed by atoms with Crippen LogP contribution >= 0.6 is 11.6 Å². The summed E-state index contributed by atoms with van der Waals surface area (Å²) in [5.41, 5.74) is 6.42. The van der Waals surface area contributed by atoms with E-state index in [1.165, 1.54) is 6.07 Å². The van der Waals surface area contributed by atoms with E-state index in [9.17, 15) is 4.39 Å². The first-order valence-electron chi connectivity index (χ1n) is 5.39. The van der Waals surface area contributed by atoms with Crippen LogP contribution in [0.3, 0.4) is 0 Å². The summed E-state index contributed by atoms with van der Waals surface area (Å²) in [7, 11) is 0. The van der Waals surface area contributed by atoms with Gasteiger partial charge in [-0.1, -0.05) is 17.7 Å². The molecule has 2 aromatic rings. The van der Waals surface area contributed by atoms with Crippen LogP contribution < -0.4 is 5.73 Å². The highest BCUT2D eigenvalue weighted by atomic mass is 35.5. The average molecular weight is 254 g/mol. The van der Waals surface area contributed by atoms with Crippen molar-refractivity contribution >= 4 is 11.6 Å². The lowest BCUT2D eigenvalue weighted by Gasteiger charge is -2.12. The Morgan fingerprint density at radius 3 is 2.82 bits per heavy atom. The Morgan fingerprint density at radius 1 is 1.35 bits per heavy atom. The Hall–Kier alpha value is -1.32. The maximum Gasteiger partial charge on any atom is 0.129 e. The lowest BCUT2D eigenvalue weighted by atomic mass is 10.0. The predicted octanol–water partition coefficient (Wildman–Crippen LogP) is 3.70. The fourth-order valence-electron chi connectivity index (χ4n) is 1.71. The number of hydrogen-bond acceptors (Lipinski definition) is 2. The average Bonchev–Trinajstić information content (AvgIpc) is 2.78. The fraction of sp³-hybridized carbons (Fsp3) is 0.231. The molecule has 0 radical (unpaired) electrons. The predicted molar refractivity (Wildman–Crippen MR) is 65.4 cm³/mol. The zero-order valence-electron chi connectivity index (χ0n) is 9.20. The smallest absolute Gasteiger partial charge is 0.129 e. The van der Waals surface area contributed by atoms with Gasteiger partial charge in [-0.2, -0.15) is 0 Å². The monoisotopic (exact) mass is 253 g/mol. The maximum atomic E-state index is 13.6. The number of benzene rings is 1.